The summed E-state index contributed by atoms with van der Waals surface area (Å²) in [6, 6.07) is 5.42. The topological polar surface area (TPSA) is 71.6 Å². The number of carbonyl (C=O) groups is 1. The summed E-state index contributed by atoms with van der Waals surface area (Å²) in [5.74, 6) is 1.99. The van der Waals surface area contributed by atoms with Gasteiger partial charge >= 0.3 is 0 Å². The first kappa shape index (κ1) is 18.3. The van der Waals surface area contributed by atoms with Gasteiger partial charge in [-0.1, -0.05) is 6.92 Å². The SMILES string of the molecule is COc1cc2cc(CCC(=O)N3CCC(C)CC3)c(=O)[nH]c2cc1OC. The van der Waals surface area contributed by atoms with Gasteiger partial charge in [-0.2, -0.15) is 0 Å². The van der Waals surface area contributed by atoms with Gasteiger partial charge in [-0.3, -0.25) is 9.59 Å². The maximum atomic E-state index is 12.4. The quantitative estimate of drug-likeness (QED) is 0.892. The lowest BCUT2D eigenvalue weighted by molar-refractivity contribution is -0.132. The number of nitrogens with one attached hydrogen (secondary N) is 1. The number of methoxy groups -OCH3 is 2. The van der Waals surface area contributed by atoms with Gasteiger partial charge in [-0.15, -0.1) is 0 Å². The Bertz CT molecular complexity index is 851. The Morgan fingerprint density at radius 2 is 1.81 bits per heavy atom. The van der Waals surface area contributed by atoms with Crippen molar-refractivity contribution in [3.63, 3.8) is 0 Å². The van der Waals surface area contributed by atoms with E-state index in [4.69, 9.17) is 9.47 Å². The lowest BCUT2D eigenvalue weighted by Gasteiger charge is -2.30. The molecule has 0 aliphatic carbocycles. The number of aryl methyl sites for hydroxylation is 1. The van der Waals surface area contributed by atoms with Crippen molar-refractivity contribution in [2.75, 3.05) is 27.3 Å². The summed E-state index contributed by atoms with van der Waals surface area (Å²) < 4.78 is 10.6. The molecular weight excluding hydrogens is 332 g/mol. The molecule has 1 aromatic carbocycles. The van der Waals surface area contributed by atoms with E-state index in [0.717, 1.165) is 31.3 Å². The number of pyridine rings is 1. The summed E-state index contributed by atoms with van der Waals surface area (Å²) in [6.07, 6.45) is 2.91. The fourth-order valence-electron chi connectivity index (χ4n) is 3.42. The lowest BCUT2D eigenvalue weighted by atomic mass is 9.98. The molecule has 0 radical (unpaired) electrons. The molecule has 0 spiro atoms. The van der Waals surface area contributed by atoms with Gasteiger partial charge in [-0.25, -0.2) is 0 Å². The number of benzene rings is 1. The average molecular weight is 358 g/mol. The number of H-pyrrole nitrogens is 1. The largest absolute Gasteiger partial charge is 0.493 e. The van der Waals surface area contributed by atoms with Crippen LogP contribution in [0.1, 0.15) is 31.7 Å². The molecule has 1 amide bonds. The molecule has 0 bridgehead atoms. The zero-order valence-corrected chi connectivity index (χ0v) is 15.6. The number of aromatic nitrogens is 1. The van der Waals surface area contributed by atoms with Gasteiger partial charge in [0.05, 0.1) is 19.7 Å². The van der Waals surface area contributed by atoms with Crippen molar-refractivity contribution in [3.05, 3.63) is 34.1 Å². The van der Waals surface area contributed by atoms with E-state index in [-0.39, 0.29) is 11.5 Å². The summed E-state index contributed by atoms with van der Waals surface area (Å²) in [5.41, 5.74) is 1.14. The summed E-state index contributed by atoms with van der Waals surface area (Å²) in [6.45, 7) is 3.87. The molecule has 6 heteroatoms. The second kappa shape index (κ2) is 7.81. The Morgan fingerprint density at radius 3 is 2.46 bits per heavy atom. The second-order valence-electron chi connectivity index (χ2n) is 6.98. The molecule has 1 aromatic heterocycles. The van der Waals surface area contributed by atoms with Crippen molar-refractivity contribution in [1.82, 2.24) is 9.88 Å². The molecule has 0 unspecified atom stereocenters. The molecule has 1 aliphatic rings. The van der Waals surface area contributed by atoms with Crippen LogP contribution < -0.4 is 15.0 Å². The van der Waals surface area contributed by atoms with Crippen LogP contribution in [0.15, 0.2) is 23.0 Å². The fourth-order valence-corrected chi connectivity index (χ4v) is 3.42. The molecule has 1 N–H and O–H groups in total. The van der Waals surface area contributed by atoms with Gasteiger partial charge in [-0.05, 0) is 37.3 Å². The molecule has 1 fully saturated rings. The van der Waals surface area contributed by atoms with Gasteiger partial charge in [0.1, 0.15) is 0 Å². The molecule has 2 heterocycles. The van der Waals surface area contributed by atoms with Crippen LogP contribution in [0, 0.1) is 5.92 Å². The highest BCUT2D eigenvalue weighted by Crippen LogP contribution is 2.31. The molecule has 0 atom stereocenters. The molecule has 26 heavy (non-hydrogen) atoms. The van der Waals surface area contributed by atoms with Crippen LogP contribution in [-0.4, -0.2) is 43.1 Å². The minimum absolute atomic E-state index is 0.128. The third-order valence-corrected chi connectivity index (χ3v) is 5.17. The molecule has 6 nitrogen and oxygen atoms in total. The second-order valence-corrected chi connectivity index (χ2v) is 6.98. The predicted molar refractivity (Wildman–Crippen MR) is 101 cm³/mol. The van der Waals surface area contributed by atoms with Crippen molar-refractivity contribution >= 4 is 16.8 Å². The summed E-state index contributed by atoms with van der Waals surface area (Å²) in [5, 5.41) is 0.858. The third kappa shape index (κ3) is 3.84. The van der Waals surface area contributed by atoms with E-state index < -0.39 is 0 Å². The highest BCUT2D eigenvalue weighted by molar-refractivity contribution is 5.83. The highest BCUT2D eigenvalue weighted by Gasteiger charge is 2.20. The Hall–Kier alpha value is -2.50. The first-order chi connectivity index (χ1) is 12.5. The number of hydrogen-bond acceptors (Lipinski definition) is 4. The minimum Gasteiger partial charge on any atom is -0.493 e. The van der Waals surface area contributed by atoms with E-state index in [1.807, 2.05) is 17.0 Å². The number of aromatic amines is 1. The maximum Gasteiger partial charge on any atom is 0.251 e. The smallest absolute Gasteiger partial charge is 0.251 e. The van der Waals surface area contributed by atoms with Gasteiger partial charge in [0.25, 0.3) is 5.56 Å². The normalized spacial score (nSPS) is 15.3. The monoisotopic (exact) mass is 358 g/mol. The molecule has 1 saturated heterocycles. The van der Waals surface area contributed by atoms with Gasteiger partial charge < -0.3 is 19.4 Å². The minimum atomic E-state index is -0.162. The van der Waals surface area contributed by atoms with Crippen molar-refractivity contribution < 1.29 is 14.3 Å². The summed E-state index contributed by atoms with van der Waals surface area (Å²) in [7, 11) is 3.14. The van der Waals surface area contributed by atoms with E-state index in [1.165, 1.54) is 0 Å². The summed E-state index contributed by atoms with van der Waals surface area (Å²) >= 11 is 0. The number of fused-ring (bicyclic) bond motifs is 1. The Labute approximate surface area is 153 Å². The van der Waals surface area contributed by atoms with Gasteiger partial charge in [0, 0.05) is 36.5 Å². The van der Waals surface area contributed by atoms with Gasteiger partial charge in [0.15, 0.2) is 11.5 Å². The molecule has 0 saturated carbocycles. The highest BCUT2D eigenvalue weighted by atomic mass is 16.5. The number of piperidine rings is 1. The van der Waals surface area contributed by atoms with Crippen LogP contribution in [0.2, 0.25) is 0 Å². The first-order valence-corrected chi connectivity index (χ1v) is 9.07. The number of likely N-dealkylation sites (tertiary alicyclic amines) is 1. The van der Waals surface area contributed by atoms with E-state index in [0.29, 0.717) is 41.3 Å². The standard InChI is InChI=1S/C20H26N2O4/c1-13-6-8-22(9-7-13)19(23)5-4-14-10-15-11-17(25-2)18(26-3)12-16(15)21-20(14)24/h10-13H,4-9H2,1-3H3,(H,21,24). The molecule has 3 rings (SSSR count). The summed E-state index contributed by atoms with van der Waals surface area (Å²) in [4.78, 5) is 29.6. The van der Waals surface area contributed by atoms with E-state index in [2.05, 4.69) is 11.9 Å². The van der Waals surface area contributed by atoms with Crippen molar-refractivity contribution in [2.24, 2.45) is 5.92 Å². The predicted octanol–water partition coefficient (Wildman–Crippen LogP) is 2.74. The number of amides is 1. The number of nitrogens with zero attached hydrogens (tertiary/aromatic N) is 1. The van der Waals surface area contributed by atoms with Crippen molar-refractivity contribution in [1.29, 1.82) is 0 Å². The zero-order chi connectivity index (χ0) is 18.7. The van der Waals surface area contributed by atoms with Crippen molar-refractivity contribution in [2.45, 2.75) is 32.6 Å². The third-order valence-electron chi connectivity index (χ3n) is 5.17. The van der Waals surface area contributed by atoms with Crippen LogP contribution >= 0.6 is 0 Å². The number of hydrogen-bond donors (Lipinski definition) is 1. The average Bonchev–Trinajstić information content (AvgIpc) is 2.65. The van der Waals surface area contributed by atoms with Crippen LogP contribution in [0.5, 0.6) is 11.5 Å². The maximum absolute atomic E-state index is 12.4. The Balaban J connectivity index is 1.76. The fraction of sp³-hybridized carbons (Fsp3) is 0.500. The number of ether oxygens (including phenoxy) is 2. The molecular formula is C20H26N2O4. The first-order valence-electron chi connectivity index (χ1n) is 9.07. The lowest BCUT2D eigenvalue weighted by Crippen LogP contribution is -2.38. The van der Waals surface area contributed by atoms with Crippen LogP contribution in [0.25, 0.3) is 10.9 Å². The molecule has 2 aromatic rings. The van der Waals surface area contributed by atoms with E-state index in [9.17, 15) is 9.59 Å². The number of rotatable bonds is 5. The Kier molecular flexibility index (Phi) is 5.49. The zero-order valence-electron chi connectivity index (χ0n) is 15.6. The Morgan fingerprint density at radius 1 is 1.15 bits per heavy atom. The van der Waals surface area contributed by atoms with E-state index >= 15 is 0 Å². The molecule has 140 valence electrons. The van der Waals surface area contributed by atoms with Crippen LogP contribution in [-0.2, 0) is 11.2 Å². The van der Waals surface area contributed by atoms with Crippen LogP contribution in [0.4, 0.5) is 0 Å². The van der Waals surface area contributed by atoms with E-state index in [1.54, 1.807) is 20.3 Å². The molecule has 1 aliphatic heterocycles. The van der Waals surface area contributed by atoms with Crippen molar-refractivity contribution in [3.8, 4) is 11.5 Å². The van der Waals surface area contributed by atoms with Crippen LogP contribution in [0.3, 0.4) is 0 Å². The van der Waals surface area contributed by atoms with Gasteiger partial charge in [0.2, 0.25) is 5.91 Å². The number of carbonyl (C=O) groups excluding carboxylic acids is 1.